The number of nitro benzene ring substituents is 1. The summed E-state index contributed by atoms with van der Waals surface area (Å²) in [6.07, 6.45) is 0.890. The first-order chi connectivity index (χ1) is 16.3. The highest BCUT2D eigenvalue weighted by Crippen LogP contribution is 2.29. The number of halogens is 2. The lowest BCUT2D eigenvalue weighted by molar-refractivity contribution is -0.384. The summed E-state index contributed by atoms with van der Waals surface area (Å²) in [6.45, 7) is 4.24. The number of rotatable bonds is 10. The van der Waals surface area contributed by atoms with Gasteiger partial charge in [-0.2, -0.15) is 0 Å². The molecule has 0 fully saturated rings. The number of nitro groups is 1. The van der Waals surface area contributed by atoms with Crippen molar-refractivity contribution in [3.05, 3.63) is 67.7 Å². The van der Waals surface area contributed by atoms with E-state index in [1.54, 1.807) is 32.0 Å². The Labute approximate surface area is 214 Å². The van der Waals surface area contributed by atoms with Crippen molar-refractivity contribution in [2.45, 2.75) is 33.4 Å². The van der Waals surface area contributed by atoms with Crippen LogP contribution in [0.2, 0.25) is 10.0 Å². The fourth-order valence-electron chi connectivity index (χ4n) is 3.33. The number of hydrogen-bond donors (Lipinski definition) is 1. The predicted octanol–water partition coefficient (Wildman–Crippen LogP) is 3.53. The second-order valence-electron chi connectivity index (χ2n) is 7.79. The highest BCUT2D eigenvalue weighted by Gasteiger charge is 2.31. The van der Waals surface area contributed by atoms with Crippen molar-refractivity contribution in [3.8, 4) is 0 Å². The molecule has 0 aromatic heterocycles. The second-order valence-corrected chi connectivity index (χ2v) is 10.5. The molecule has 1 unspecified atom stereocenters. The second kappa shape index (κ2) is 11.7. The Hall–Kier alpha value is -2.89. The fourth-order valence-corrected chi connectivity index (χ4v) is 4.75. The molecule has 0 radical (unpaired) electrons. The number of benzene rings is 2. The van der Waals surface area contributed by atoms with Gasteiger partial charge in [-0.05, 0) is 38.5 Å². The van der Waals surface area contributed by atoms with Crippen molar-refractivity contribution in [2.24, 2.45) is 0 Å². The van der Waals surface area contributed by atoms with Gasteiger partial charge in [0.1, 0.15) is 12.6 Å². The molecular formula is C22H26Cl2N4O6S. The van der Waals surface area contributed by atoms with Crippen LogP contribution >= 0.6 is 23.2 Å². The van der Waals surface area contributed by atoms with Crippen LogP contribution in [0.4, 0.5) is 11.4 Å². The quantitative estimate of drug-likeness (QED) is 0.359. The van der Waals surface area contributed by atoms with E-state index in [0.717, 1.165) is 16.6 Å². The van der Waals surface area contributed by atoms with E-state index in [4.69, 9.17) is 23.2 Å². The third kappa shape index (κ3) is 7.06. The summed E-state index contributed by atoms with van der Waals surface area (Å²) in [7, 11) is -4.05. The summed E-state index contributed by atoms with van der Waals surface area (Å²) in [5.41, 5.74) is 0.447. The maximum atomic E-state index is 13.5. The molecule has 2 aromatic carbocycles. The summed E-state index contributed by atoms with van der Waals surface area (Å²) in [6, 6.07) is 7.52. The number of likely N-dealkylation sites (N-methyl/N-ethyl adjacent to an activating group) is 1. The Morgan fingerprint density at radius 1 is 1.17 bits per heavy atom. The van der Waals surface area contributed by atoms with Crippen molar-refractivity contribution >= 4 is 56.4 Å². The Morgan fingerprint density at radius 2 is 1.77 bits per heavy atom. The summed E-state index contributed by atoms with van der Waals surface area (Å²) in [4.78, 5) is 37.9. The van der Waals surface area contributed by atoms with Crippen LogP contribution in [0.25, 0.3) is 0 Å². The van der Waals surface area contributed by atoms with E-state index in [0.29, 0.717) is 17.7 Å². The molecule has 0 saturated carbocycles. The van der Waals surface area contributed by atoms with Gasteiger partial charge < -0.3 is 10.2 Å². The molecule has 0 bridgehead atoms. The lowest BCUT2D eigenvalue weighted by Gasteiger charge is -2.32. The summed E-state index contributed by atoms with van der Waals surface area (Å²) >= 11 is 12.5. The van der Waals surface area contributed by atoms with Crippen LogP contribution in [-0.4, -0.2) is 55.4 Å². The van der Waals surface area contributed by atoms with Crippen LogP contribution in [0.15, 0.2) is 36.4 Å². The number of nitrogens with zero attached hydrogens (tertiary/aromatic N) is 3. The molecule has 0 aliphatic rings. The molecule has 35 heavy (non-hydrogen) atoms. The Morgan fingerprint density at radius 3 is 2.29 bits per heavy atom. The normalized spacial score (nSPS) is 12.1. The predicted molar refractivity (Wildman–Crippen MR) is 135 cm³/mol. The van der Waals surface area contributed by atoms with E-state index in [-0.39, 0.29) is 28.0 Å². The molecule has 2 aromatic rings. The van der Waals surface area contributed by atoms with Gasteiger partial charge in [0, 0.05) is 40.8 Å². The van der Waals surface area contributed by atoms with Crippen LogP contribution in [0, 0.1) is 17.0 Å². The van der Waals surface area contributed by atoms with Gasteiger partial charge in [0.25, 0.3) is 5.69 Å². The number of carbonyl (C=O) groups excluding carboxylic acids is 2. The number of nitrogens with one attached hydrogen (secondary N) is 1. The van der Waals surface area contributed by atoms with Crippen molar-refractivity contribution in [1.82, 2.24) is 10.2 Å². The standard InChI is InChI=1S/C22H26Cl2N4O6S/c1-5-25-22(30)15(3)26(12-17-18(23)7-6-8-19(17)24)21(29)13-27(35(4,33)34)20-11-16(28(31)32)10-9-14(20)2/h6-11,15H,5,12-13H2,1-4H3,(H,25,30). The zero-order valence-corrected chi connectivity index (χ0v) is 21.9. The molecule has 1 atom stereocenters. The highest BCUT2D eigenvalue weighted by atomic mass is 35.5. The number of sulfonamides is 1. The van der Waals surface area contributed by atoms with Crippen LogP contribution in [0.1, 0.15) is 25.0 Å². The Balaban J connectivity index is 2.53. The van der Waals surface area contributed by atoms with Gasteiger partial charge in [0.05, 0.1) is 16.9 Å². The number of aryl methyl sites for hydroxylation is 1. The number of hydrogen-bond acceptors (Lipinski definition) is 6. The van der Waals surface area contributed by atoms with Gasteiger partial charge in [-0.15, -0.1) is 0 Å². The molecular weight excluding hydrogens is 519 g/mol. The molecule has 0 aliphatic carbocycles. The van der Waals surface area contributed by atoms with Gasteiger partial charge in [-0.1, -0.05) is 35.3 Å². The third-order valence-corrected chi connectivity index (χ3v) is 7.09. The first-order valence-electron chi connectivity index (χ1n) is 10.5. The van der Waals surface area contributed by atoms with Crippen LogP contribution in [-0.2, 0) is 26.2 Å². The van der Waals surface area contributed by atoms with Gasteiger partial charge >= 0.3 is 0 Å². The average Bonchev–Trinajstić information content (AvgIpc) is 2.76. The van der Waals surface area contributed by atoms with E-state index < -0.39 is 39.3 Å². The number of amides is 2. The van der Waals surface area contributed by atoms with E-state index in [1.807, 2.05) is 0 Å². The van der Waals surface area contributed by atoms with E-state index in [9.17, 15) is 28.1 Å². The monoisotopic (exact) mass is 544 g/mol. The van der Waals surface area contributed by atoms with Gasteiger partial charge in [0.15, 0.2) is 0 Å². The highest BCUT2D eigenvalue weighted by molar-refractivity contribution is 7.92. The largest absolute Gasteiger partial charge is 0.355 e. The zero-order valence-electron chi connectivity index (χ0n) is 19.6. The zero-order chi connectivity index (χ0) is 26.5. The molecule has 0 spiro atoms. The van der Waals surface area contributed by atoms with Crippen LogP contribution in [0.5, 0.6) is 0 Å². The maximum Gasteiger partial charge on any atom is 0.271 e. The minimum Gasteiger partial charge on any atom is -0.355 e. The lowest BCUT2D eigenvalue weighted by Crippen LogP contribution is -2.51. The molecule has 2 rings (SSSR count). The molecule has 1 N–H and O–H groups in total. The average molecular weight is 545 g/mol. The molecule has 10 nitrogen and oxygen atoms in total. The van der Waals surface area contributed by atoms with Crippen molar-refractivity contribution in [1.29, 1.82) is 0 Å². The molecule has 0 saturated heterocycles. The van der Waals surface area contributed by atoms with E-state index in [2.05, 4.69) is 5.32 Å². The van der Waals surface area contributed by atoms with E-state index >= 15 is 0 Å². The fraction of sp³-hybridized carbons (Fsp3) is 0.364. The lowest BCUT2D eigenvalue weighted by atomic mass is 10.1. The third-order valence-electron chi connectivity index (χ3n) is 5.26. The molecule has 0 aliphatic heterocycles. The topological polar surface area (TPSA) is 130 Å². The maximum absolute atomic E-state index is 13.5. The number of carbonyl (C=O) groups is 2. The summed E-state index contributed by atoms with van der Waals surface area (Å²) < 4.78 is 26.1. The van der Waals surface area contributed by atoms with Gasteiger partial charge in [-0.25, -0.2) is 8.42 Å². The molecule has 2 amide bonds. The van der Waals surface area contributed by atoms with Crippen molar-refractivity contribution < 1.29 is 22.9 Å². The summed E-state index contributed by atoms with van der Waals surface area (Å²) in [5, 5.41) is 14.4. The van der Waals surface area contributed by atoms with Crippen LogP contribution < -0.4 is 9.62 Å². The smallest absolute Gasteiger partial charge is 0.271 e. The van der Waals surface area contributed by atoms with Gasteiger partial charge in [0.2, 0.25) is 21.8 Å². The first kappa shape index (κ1) is 28.3. The van der Waals surface area contributed by atoms with Crippen molar-refractivity contribution in [2.75, 3.05) is 23.7 Å². The SMILES string of the molecule is CCNC(=O)C(C)N(Cc1c(Cl)cccc1Cl)C(=O)CN(c1cc([N+](=O)[O-])ccc1C)S(C)(=O)=O. The first-order valence-corrected chi connectivity index (χ1v) is 13.1. The summed E-state index contributed by atoms with van der Waals surface area (Å²) in [5.74, 6) is -1.18. The molecule has 0 heterocycles. The molecule has 190 valence electrons. The van der Waals surface area contributed by atoms with Gasteiger partial charge in [-0.3, -0.25) is 24.0 Å². The Bertz CT molecular complexity index is 1220. The number of non-ortho nitro benzene ring substituents is 1. The van der Waals surface area contributed by atoms with E-state index in [1.165, 1.54) is 24.0 Å². The van der Waals surface area contributed by atoms with Crippen LogP contribution in [0.3, 0.4) is 0 Å². The molecule has 13 heteroatoms. The Kier molecular flexibility index (Phi) is 9.47. The minimum atomic E-state index is -4.05. The van der Waals surface area contributed by atoms with Crippen molar-refractivity contribution in [3.63, 3.8) is 0 Å². The minimum absolute atomic E-state index is 0.0172. The number of anilines is 1.